The molecule has 0 aliphatic heterocycles. The molecule has 0 saturated carbocycles. The lowest BCUT2D eigenvalue weighted by Gasteiger charge is -2.26. The molecular formula is C29H38Cl2N4O6S. The molecule has 1 heterocycles. The average molecular weight is 642 g/mol. The number of fused-ring (bicyclic) bond motifs is 1. The third kappa shape index (κ3) is 10.2. The molecule has 0 atom stereocenters. The van der Waals surface area contributed by atoms with E-state index in [0.717, 1.165) is 35.6 Å². The van der Waals surface area contributed by atoms with Gasteiger partial charge in [0.25, 0.3) is 0 Å². The third-order valence-electron chi connectivity index (χ3n) is 6.84. The lowest BCUT2D eigenvalue weighted by molar-refractivity contribution is -0.133. The molecule has 2 amide bonds. The number of nitrogens with zero attached hydrogens (tertiary/aromatic N) is 2. The van der Waals surface area contributed by atoms with E-state index in [0.29, 0.717) is 52.8 Å². The summed E-state index contributed by atoms with van der Waals surface area (Å²) in [5.41, 5.74) is 2.12. The van der Waals surface area contributed by atoms with Crippen LogP contribution in [0.15, 0.2) is 35.1 Å². The van der Waals surface area contributed by atoms with Crippen molar-refractivity contribution in [3.63, 3.8) is 0 Å². The number of phenols is 1. The molecule has 0 aliphatic rings. The van der Waals surface area contributed by atoms with E-state index in [1.165, 1.54) is 6.07 Å². The summed E-state index contributed by atoms with van der Waals surface area (Å²) >= 11 is 13.3. The van der Waals surface area contributed by atoms with Gasteiger partial charge in [-0.15, -0.1) is 0 Å². The van der Waals surface area contributed by atoms with Crippen molar-refractivity contribution in [3.05, 3.63) is 61.2 Å². The van der Waals surface area contributed by atoms with Gasteiger partial charge in [-0.3, -0.25) is 9.59 Å². The zero-order valence-corrected chi connectivity index (χ0v) is 26.2. The van der Waals surface area contributed by atoms with E-state index >= 15 is 0 Å². The fraction of sp³-hybridized carbons (Fsp3) is 0.483. The Hall–Kier alpha value is -2.83. The molecule has 0 spiro atoms. The molecule has 13 heteroatoms. The predicted molar refractivity (Wildman–Crippen MR) is 167 cm³/mol. The SMILES string of the molecule is CCN(CC)CCN(CCOC(=O)NCCc1ccc(O)c2[nH]c(=O)sc12)C(=O)CCOCCc1cccc(Cl)c1Cl. The minimum atomic E-state index is -0.591. The van der Waals surface area contributed by atoms with Crippen LogP contribution in [0.2, 0.25) is 10.0 Å². The number of thiazole rings is 1. The average Bonchev–Trinajstić information content (AvgIpc) is 3.38. The summed E-state index contributed by atoms with van der Waals surface area (Å²) in [5, 5.41) is 13.6. The molecule has 3 rings (SSSR count). The molecule has 1 aromatic heterocycles. The van der Waals surface area contributed by atoms with E-state index in [2.05, 4.69) is 29.0 Å². The number of amides is 2. The number of aromatic nitrogens is 1. The number of phenolic OH excluding ortho intramolecular Hbond substituents is 1. The molecule has 230 valence electrons. The fourth-order valence-corrected chi connectivity index (χ4v) is 5.69. The van der Waals surface area contributed by atoms with E-state index in [9.17, 15) is 19.5 Å². The molecule has 0 aliphatic carbocycles. The van der Waals surface area contributed by atoms with Crippen molar-refractivity contribution >= 4 is 56.8 Å². The van der Waals surface area contributed by atoms with E-state index in [-0.39, 0.29) is 49.3 Å². The first-order valence-electron chi connectivity index (χ1n) is 14.0. The summed E-state index contributed by atoms with van der Waals surface area (Å²) in [6, 6.07) is 8.71. The number of ether oxygens (including phenoxy) is 2. The standard InChI is InChI=1S/C29H38Cl2N4O6S/c1-3-34(4-2)14-15-35(24(37)12-18-40-17-11-20-6-5-7-22(30)25(20)31)16-19-41-28(38)32-13-10-21-8-9-23(36)26-27(21)42-29(39)33-26/h5-9,36H,3-4,10-19H2,1-2H3,(H,32,38)(H,33,39). The number of hydrogen-bond donors (Lipinski definition) is 3. The number of nitrogens with one attached hydrogen (secondary N) is 2. The highest BCUT2D eigenvalue weighted by atomic mass is 35.5. The van der Waals surface area contributed by atoms with Crippen LogP contribution in [-0.4, -0.2) is 91.0 Å². The van der Waals surface area contributed by atoms with Gasteiger partial charge in [-0.05, 0) is 49.2 Å². The third-order valence-corrected chi connectivity index (χ3v) is 8.65. The monoisotopic (exact) mass is 640 g/mol. The second-order valence-electron chi connectivity index (χ2n) is 9.51. The minimum Gasteiger partial charge on any atom is -0.506 e. The smallest absolute Gasteiger partial charge is 0.407 e. The number of rotatable bonds is 17. The Labute approximate surface area is 259 Å². The Balaban J connectivity index is 1.42. The molecule has 3 N–H and O–H groups in total. The molecule has 0 unspecified atom stereocenters. The van der Waals surface area contributed by atoms with Crippen LogP contribution in [0, 0.1) is 0 Å². The normalized spacial score (nSPS) is 11.3. The van der Waals surface area contributed by atoms with Crippen molar-refractivity contribution in [2.24, 2.45) is 0 Å². The summed E-state index contributed by atoms with van der Waals surface area (Å²) in [7, 11) is 0. The Bertz CT molecular complexity index is 1380. The molecule has 0 radical (unpaired) electrons. The minimum absolute atomic E-state index is 0.00795. The Morgan fingerprint density at radius 2 is 1.79 bits per heavy atom. The van der Waals surface area contributed by atoms with E-state index < -0.39 is 6.09 Å². The van der Waals surface area contributed by atoms with Crippen molar-refractivity contribution in [1.29, 1.82) is 0 Å². The summed E-state index contributed by atoms with van der Waals surface area (Å²) in [5.74, 6) is -0.0672. The molecular weight excluding hydrogens is 603 g/mol. The first kappa shape index (κ1) is 33.7. The van der Waals surface area contributed by atoms with Crippen molar-refractivity contribution in [3.8, 4) is 5.75 Å². The Morgan fingerprint density at radius 1 is 1.00 bits per heavy atom. The lowest BCUT2D eigenvalue weighted by Crippen LogP contribution is -2.41. The molecule has 0 saturated heterocycles. The molecule has 42 heavy (non-hydrogen) atoms. The van der Waals surface area contributed by atoms with Crippen LogP contribution >= 0.6 is 34.5 Å². The van der Waals surface area contributed by atoms with Crippen LogP contribution in [0.4, 0.5) is 4.79 Å². The molecule has 0 bridgehead atoms. The van der Waals surface area contributed by atoms with Crippen molar-refractivity contribution in [1.82, 2.24) is 20.1 Å². The molecule has 10 nitrogen and oxygen atoms in total. The summed E-state index contributed by atoms with van der Waals surface area (Å²) < 4.78 is 11.7. The van der Waals surface area contributed by atoms with Gasteiger partial charge in [-0.2, -0.15) is 0 Å². The van der Waals surface area contributed by atoms with Crippen molar-refractivity contribution < 1.29 is 24.2 Å². The van der Waals surface area contributed by atoms with Crippen LogP contribution in [0.5, 0.6) is 5.75 Å². The fourth-order valence-electron chi connectivity index (χ4n) is 4.38. The molecule has 0 fully saturated rings. The van der Waals surface area contributed by atoms with Gasteiger partial charge >= 0.3 is 11.0 Å². The number of benzene rings is 2. The summed E-state index contributed by atoms with van der Waals surface area (Å²) in [4.78, 5) is 43.3. The van der Waals surface area contributed by atoms with Crippen LogP contribution in [-0.2, 0) is 27.1 Å². The Morgan fingerprint density at radius 3 is 2.55 bits per heavy atom. The molecule has 2 aromatic carbocycles. The lowest BCUT2D eigenvalue weighted by atomic mass is 10.1. The van der Waals surface area contributed by atoms with Crippen molar-refractivity contribution in [2.45, 2.75) is 33.1 Å². The number of likely N-dealkylation sites (N-methyl/N-ethyl adjacent to an activating group) is 1. The van der Waals surface area contributed by atoms with Gasteiger partial charge < -0.3 is 34.7 Å². The van der Waals surface area contributed by atoms with Crippen molar-refractivity contribution in [2.75, 3.05) is 59.1 Å². The van der Waals surface area contributed by atoms with Gasteiger partial charge in [-0.1, -0.05) is 66.6 Å². The first-order valence-corrected chi connectivity index (χ1v) is 15.6. The maximum absolute atomic E-state index is 13.0. The van der Waals surface area contributed by atoms with Gasteiger partial charge in [0.05, 0.1) is 40.9 Å². The zero-order chi connectivity index (χ0) is 30.5. The number of hydrogen-bond acceptors (Lipinski definition) is 8. The quantitative estimate of drug-likeness (QED) is 0.183. The number of aromatic hydroxyl groups is 1. The summed E-state index contributed by atoms with van der Waals surface area (Å²) in [6.07, 6.45) is 0.662. The highest BCUT2D eigenvalue weighted by molar-refractivity contribution is 7.16. The van der Waals surface area contributed by atoms with Crippen LogP contribution in [0.25, 0.3) is 10.2 Å². The van der Waals surface area contributed by atoms with Gasteiger partial charge in [0.15, 0.2) is 0 Å². The highest BCUT2D eigenvalue weighted by Crippen LogP contribution is 2.28. The van der Waals surface area contributed by atoms with E-state index in [1.807, 2.05) is 12.1 Å². The second kappa shape index (κ2) is 17.3. The second-order valence-corrected chi connectivity index (χ2v) is 11.3. The first-order chi connectivity index (χ1) is 20.2. The van der Waals surface area contributed by atoms with Gasteiger partial charge in [0.2, 0.25) is 5.91 Å². The topological polar surface area (TPSA) is 124 Å². The maximum atomic E-state index is 13.0. The number of halogens is 2. The predicted octanol–water partition coefficient (Wildman–Crippen LogP) is 4.69. The van der Waals surface area contributed by atoms with Crippen LogP contribution in [0.3, 0.4) is 0 Å². The number of carbonyl (C=O) groups is 2. The number of carbonyl (C=O) groups excluding carboxylic acids is 2. The van der Waals surface area contributed by atoms with Crippen LogP contribution < -0.4 is 10.2 Å². The van der Waals surface area contributed by atoms with E-state index in [4.69, 9.17) is 32.7 Å². The maximum Gasteiger partial charge on any atom is 0.407 e. The van der Waals surface area contributed by atoms with Gasteiger partial charge in [0.1, 0.15) is 17.9 Å². The number of aromatic amines is 1. The largest absolute Gasteiger partial charge is 0.506 e. The Kier molecular flexibility index (Phi) is 13.9. The number of H-pyrrole nitrogens is 1. The summed E-state index contributed by atoms with van der Waals surface area (Å²) in [6.45, 7) is 8.40. The van der Waals surface area contributed by atoms with Gasteiger partial charge in [0, 0.05) is 19.6 Å². The van der Waals surface area contributed by atoms with Gasteiger partial charge in [-0.25, -0.2) is 4.79 Å². The molecule has 3 aromatic rings. The van der Waals surface area contributed by atoms with E-state index in [1.54, 1.807) is 17.0 Å². The van der Waals surface area contributed by atoms with Crippen LogP contribution in [0.1, 0.15) is 31.4 Å². The number of alkyl carbamates (subject to hydrolysis) is 1. The zero-order valence-electron chi connectivity index (χ0n) is 23.9. The highest BCUT2D eigenvalue weighted by Gasteiger charge is 2.16.